The Bertz CT molecular complexity index is 990. The minimum absolute atomic E-state index is 0.200. The molecule has 8 heteroatoms. The first kappa shape index (κ1) is 18.9. The molecule has 2 aromatic carbocycles. The van der Waals surface area contributed by atoms with Crippen LogP contribution in [-0.2, 0) is 7.05 Å². The van der Waals surface area contributed by atoms with Crippen molar-refractivity contribution in [1.82, 2.24) is 9.55 Å². The number of halogens is 2. The van der Waals surface area contributed by atoms with E-state index >= 15 is 0 Å². The van der Waals surface area contributed by atoms with E-state index in [0.717, 1.165) is 0 Å². The number of hydrogen-bond donors (Lipinski definition) is 1. The molecule has 1 heterocycles. The number of benzene rings is 2. The molecule has 0 saturated carbocycles. The van der Waals surface area contributed by atoms with Gasteiger partial charge in [-0.15, -0.1) is 0 Å². The third-order valence-electron chi connectivity index (χ3n) is 3.89. The Hall–Kier alpha value is -2.83. The average molecular weight is 404 g/mol. The van der Waals surface area contributed by atoms with Crippen molar-refractivity contribution in [3.63, 3.8) is 0 Å². The highest BCUT2D eigenvalue weighted by molar-refractivity contribution is 6.37. The molecule has 1 amide bonds. The minimum atomic E-state index is -0.385. The molecule has 0 unspecified atom stereocenters. The monoisotopic (exact) mass is 403 g/mol. The van der Waals surface area contributed by atoms with Crippen LogP contribution in [0.15, 0.2) is 48.8 Å². The third kappa shape index (κ3) is 3.97. The lowest BCUT2D eigenvalue weighted by molar-refractivity contribution is 0.102. The molecule has 138 valence electrons. The van der Waals surface area contributed by atoms with E-state index in [4.69, 9.17) is 27.9 Å². The maximum absolute atomic E-state index is 12.4. The molecule has 3 rings (SSSR count). The molecule has 0 saturated heterocycles. The summed E-state index contributed by atoms with van der Waals surface area (Å²) in [5, 5.41) is 3.22. The number of hydrogen-bond acceptors (Lipinski definition) is 4. The lowest BCUT2D eigenvalue weighted by Crippen LogP contribution is -2.13. The summed E-state index contributed by atoms with van der Waals surface area (Å²) in [5.74, 6) is 0.0695. The number of amides is 1. The summed E-state index contributed by atoms with van der Waals surface area (Å²) in [5.41, 5.74) is 1.29. The van der Waals surface area contributed by atoms with Crippen molar-refractivity contribution in [3.8, 4) is 5.75 Å². The van der Waals surface area contributed by atoms with Crippen LogP contribution >= 0.6 is 23.2 Å². The van der Waals surface area contributed by atoms with E-state index in [-0.39, 0.29) is 21.7 Å². The molecule has 0 bridgehead atoms. The molecule has 1 N–H and O–H groups in total. The van der Waals surface area contributed by atoms with Crippen LogP contribution in [0.3, 0.4) is 0 Å². The van der Waals surface area contributed by atoms with Gasteiger partial charge in [-0.2, -0.15) is 0 Å². The Kier molecular flexibility index (Phi) is 5.48. The standard InChI is InChI=1S/C19H15Cl2N3O3/c1-24-8-7-22-18(24)16(25)11-3-5-13(6-4-11)23-19(26)12-9-14(20)17(27-2)15(21)10-12/h3-10H,1-2H3,(H,23,26). The first-order chi connectivity index (χ1) is 12.9. The van der Waals surface area contributed by atoms with Crippen LogP contribution in [0, 0.1) is 0 Å². The molecule has 0 aliphatic rings. The minimum Gasteiger partial charge on any atom is -0.494 e. The Labute approximate surface area is 165 Å². The zero-order valence-corrected chi connectivity index (χ0v) is 16.0. The van der Waals surface area contributed by atoms with Crippen LogP contribution in [0.2, 0.25) is 10.0 Å². The number of aromatic nitrogens is 2. The smallest absolute Gasteiger partial charge is 0.255 e. The summed E-state index contributed by atoms with van der Waals surface area (Å²) in [6, 6.07) is 9.48. The summed E-state index contributed by atoms with van der Waals surface area (Å²) < 4.78 is 6.72. The highest BCUT2D eigenvalue weighted by Crippen LogP contribution is 2.34. The van der Waals surface area contributed by atoms with E-state index in [1.165, 1.54) is 19.2 Å². The number of aryl methyl sites for hydroxylation is 1. The number of anilines is 1. The summed E-state index contributed by atoms with van der Waals surface area (Å²) in [7, 11) is 3.20. The number of rotatable bonds is 5. The fourth-order valence-corrected chi connectivity index (χ4v) is 3.15. The van der Waals surface area contributed by atoms with E-state index in [1.807, 2.05) is 0 Å². The fraction of sp³-hybridized carbons (Fsp3) is 0.105. The second kappa shape index (κ2) is 7.82. The Morgan fingerprint density at radius 3 is 2.22 bits per heavy atom. The van der Waals surface area contributed by atoms with Crippen LogP contribution in [0.5, 0.6) is 5.75 Å². The molecule has 27 heavy (non-hydrogen) atoms. The fourth-order valence-electron chi connectivity index (χ4n) is 2.51. The van der Waals surface area contributed by atoms with Crippen molar-refractivity contribution in [2.45, 2.75) is 0 Å². The highest BCUT2D eigenvalue weighted by atomic mass is 35.5. The van der Waals surface area contributed by atoms with Crippen LogP contribution < -0.4 is 10.1 Å². The van der Waals surface area contributed by atoms with Gasteiger partial charge >= 0.3 is 0 Å². The van der Waals surface area contributed by atoms with Crippen molar-refractivity contribution >= 4 is 40.6 Å². The quantitative estimate of drug-likeness (QED) is 0.647. The second-order valence-electron chi connectivity index (χ2n) is 5.70. The maximum atomic E-state index is 12.4. The van der Waals surface area contributed by atoms with E-state index in [1.54, 1.807) is 48.3 Å². The summed E-state index contributed by atoms with van der Waals surface area (Å²) in [6.45, 7) is 0. The molecule has 0 spiro atoms. The van der Waals surface area contributed by atoms with Crippen LogP contribution in [0.4, 0.5) is 5.69 Å². The zero-order chi connectivity index (χ0) is 19.6. The molecule has 3 aromatic rings. The van der Waals surface area contributed by atoms with Gasteiger partial charge in [-0.3, -0.25) is 9.59 Å². The molecule has 0 radical (unpaired) electrons. The molecule has 0 atom stereocenters. The first-order valence-corrected chi connectivity index (χ1v) is 8.62. The normalized spacial score (nSPS) is 10.5. The van der Waals surface area contributed by atoms with Gasteiger partial charge in [-0.05, 0) is 36.4 Å². The van der Waals surface area contributed by atoms with Gasteiger partial charge in [0.1, 0.15) is 0 Å². The van der Waals surface area contributed by atoms with Gasteiger partial charge in [0.15, 0.2) is 11.6 Å². The topological polar surface area (TPSA) is 73.2 Å². The SMILES string of the molecule is COc1c(Cl)cc(C(=O)Nc2ccc(C(=O)c3nccn3C)cc2)cc1Cl. The Morgan fingerprint density at radius 2 is 1.70 bits per heavy atom. The Morgan fingerprint density at radius 1 is 1.07 bits per heavy atom. The zero-order valence-electron chi connectivity index (χ0n) is 14.5. The second-order valence-corrected chi connectivity index (χ2v) is 6.51. The molecule has 6 nitrogen and oxygen atoms in total. The molecule has 0 fully saturated rings. The molecule has 0 aliphatic heterocycles. The third-order valence-corrected chi connectivity index (χ3v) is 4.46. The van der Waals surface area contributed by atoms with Gasteiger partial charge in [0.2, 0.25) is 5.78 Å². The van der Waals surface area contributed by atoms with Crippen molar-refractivity contribution in [1.29, 1.82) is 0 Å². The number of ketones is 1. The molecule has 0 aliphatic carbocycles. The van der Waals surface area contributed by atoms with Crippen LogP contribution in [-0.4, -0.2) is 28.4 Å². The number of methoxy groups -OCH3 is 1. The predicted octanol–water partition coefficient (Wildman–Crippen LogP) is 4.22. The van der Waals surface area contributed by atoms with Crippen molar-refractivity contribution in [3.05, 3.63) is 75.8 Å². The van der Waals surface area contributed by atoms with Crippen molar-refractivity contribution in [2.75, 3.05) is 12.4 Å². The van der Waals surface area contributed by atoms with E-state index in [2.05, 4.69) is 10.3 Å². The van der Waals surface area contributed by atoms with Crippen LogP contribution in [0.25, 0.3) is 0 Å². The number of carbonyl (C=O) groups excluding carboxylic acids is 2. The van der Waals surface area contributed by atoms with Gasteiger partial charge in [0, 0.05) is 36.3 Å². The molecular formula is C19H15Cl2N3O3. The van der Waals surface area contributed by atoms with Crippen molar-refractivity contribution in [2.24, 2.45) is 7.05 Å². The van der Waals surface area contributed by atoms with Gasteiger partial charge in [-0.25, -0.2) is 4.98 Å². The summed E-state index contributed by atoms with van der Waals surface area (Å²) in [6.07, 6.45) is 3.26. The van der Waals surface area contributed by atoms with Gasteiger partial charge in [-0.1, -0.05) is 23.2 Å². The lowest BCUT2D eigenvalue weighted by Gasteiger charge is -2.10. The average Bonchev–Trinajstić information content (AvgIpc) is 3.07. The summed E-state index contributed by atoms with van der Waals surface area (Å²) >= 11 is 12.1. The van der Waals surface area contributed by atoms with Gasteiger partial charge in [0.25, 0.3) is 5.91 Å². The summed E-state index contributed by atoms with van der Waals surface area (Å²) in [4.78, 5) is 28.9. The largest absolute Gasteiger partial charge is 0.494 e. The van der Waals surface area contributed by atoms with Crippen LogP contribution in [0.1, 0.15) is 26.5 Å². The van der Waals surface area contributed by atoms with E-state index < -0.39 is 0 Å². The number of ether oxygens (including phenoxy) is 1. The van der Waals surface area contributed by atoms with E-state index in [9.17, 15) is 9.59 Å². The lowest BCUT2D eigenvalue weighted by atomic mass is 10.1. The first-order valence-electron chi connectivity index (χ1n) is 7.87. The predicted molar refractivity (Wildman–Crippen MR) is 104 cm³/mol. The Balaban J connectivity index is 1.76. The highest BCUT2D eigenvalue weighted by Gasteiger charge is 2.15. The molecule has 1 aromatic heterocycles. The maximum Gasteiger partial charge on any atom is 0.255 e. The van der Waals surface area contributed by atoms with Crippen molar-refractivity contribution < 1.29 is 14.3 Å². The number of nitrogens with one attached hydrogen (secondary N) is 1. The number of imidazole rings is 1. The van der Waals surface area contributed by atoms with Gasteiger partial charge < -0.3 is 14.6 Å². The van der Waals surface area contributed by atoms with E-state index in [0.29, 0.717) is 28.4 Å². The molecular weight excluding hydrogens is 389 g/mol. The number of carbonyl (C=O) groups is 2. The number of nitrogens with zero attached hydrogens (tertiary/aromatic N) is 2. The van der Waals surface area contributed by atoms with Gasteiger partial charge in [0.05, 0.1) is 17.2 Å².